The van der Waals surface area contributed by atoms with E-state index in [0.29, 0.717) is 5.82 Å². The summed E-state index contributed by atoms with van der Waals surface area (Å²) in [5, 5.41) is 2.88. The van der Waals surface area contributed by atoms with E-state index in [1.165, 1.54) is 12.1 Å². The fourth-order valence-electron chi connectivity index (χ4n) is 2.58. The van der Waals surface area contributed by atoms with E-state index >= 15 is 0 Å². The first-order valence-electron chi connectivity index (χ1n) is 7.69. The molecule has 1 atom stereocenters. The number of amides is 1. The lowest BCUT2D eigenvalue weighted by atomic mass is 10.1. The predicted molar refractivity (Wildman–Crippen MR) is 87.6 cm³/mol. The summed E-state index contributed by atoms with van der Waals surface area (Å²) in [5.41, 5.74) is 1.82. The van der Waals surface area contributed by atoms with Crippen LogP contribution in [0.25, 0.3) is 11.0 Å². The molecule has 0 fully saturated rings. The molecule has 0 aliphatic rings. The van der Waals surface area contributed by atoms with Gasteiger partial charge in [0, 0.05) is 0 Å². The molecule has 2 aromatic carbocycles. The number of nitrogens with one attached hydrogen (secondary N) is 2. The first kappa shape index (κ1) is 15.2. The van der Waals surface area contributed by atoms with Crippen LogP contribution in [0.5, 0.6) is 0 Å². The molecule has 118 valence electrons. The monoisotopic (exact) mass is 311 g/mol. The van der Waals surface area contributed by atoms with Crippen molar-refractivity contribution in [3.63, 3.8) is 0 Å². The fraction of sp³-hybridized carbons (Fsp3) is 0.222. The molecule has 0 aliphatic heterocycles. The Morgan fingerprint density at radius 2 is 1.96 bits per heavy atom. The highest BCUT2D eigenvalue weighted by molar-refractivity contribution is 5.94. The van der Waals surface area contributed by atoms with Crippen LogP contribution < -0.4 is 5.32 Å². The Hall–Kier alpha value is -2.69. The summed E-state index contributed by atoms with van der Waals surface area (Å²) in [6.45, 7) is 2.03. The van der Waals surface area contributed by atoms with Crippen molar-refractivity contribution in [1.82, 2.24) is 15.3 Å². The Kier molecular flexibility index (Phi) is 4.37. The lowest BCUT2D eigenvalue weighted by molar-refractivity contribution is 0.0928. The van der Waals surface area contributed by atoms with Crippen molar-refractivity contribution >= 4 is 16.9 Å². The minimum Gasteiger partial charge on any atom is -0.342 e. The van der Waals surface area contributed by atoms with Crippen molar-refractivity contribution < 1.29 is 9.18 Å². The molecule has 0 radical (unpaired) electrons. The topological polar surface area (TPSA) is 57.8 Å². The first-order chi connectivity index (χ1) is 11.2. The number of H-pyrrole nitrogens is 1. The standard InChI is InChI=1S/C18H18FN3O/c1-2-7-16(17-20-14-10-5-6-11-15(14)21-17)22-18(23)12-8-3-4-9-13(12)19/h3-6,8-11,16H,2,7H2,1H3,(H,20,21)(H,22,23). The molecule has 0 aliphatic carbocycles. The first-order valence-corrected chi connectivity index (χ1v) is 7.69. The van der Waals surface area contributed by atoms with E-state index in [1.807, 2.05) is 31.2 Å². The van der Waals surface area contributed by atoms with Crippen LogP contribution in [0.2, 0.25) is 0 Å². The van der Waals surface area contributed by atoms with Crippen LogP contribution in [0.3, 0.4) is 0 Å². The van der Waals surface area contributed by atoms with E-state index in [-0.39, 0.29) is 11.6 Å². The zero-order valence-corrected chi connectivity index (χ0v) is 12.8. The van der Waals surface area contributed by atoms with Crippen molar-refractivity contribution in [1.29, 1.82) is 0 Å². The number of carbonyl (C=O) groups excluding carboxylic acids is 1. The summed E-state index contributed by atoms with van der Waals surface area (Å²) < 4.78 is 13.8. The van der Waals surface area contributed by atoms with Crippen molar-refractivity contribution in [3.8, 4) is 0 Å². The Labute approximate surface area is 133 Å². The van der Waals surface area contributed by atoms with Gasteiger partial charge in [-0.25, -0.2) is 9.37 Å². The van der Waals surface area contributed by atoms with Gasteiger partial charge in [-0.05, 0) is 30.7 Å². The summed E-state index contributed by atoms with van der Waals surface area (Å²) in [6.07, 6.45) is 1.60. The zero-order valence-electron chi connectivity index (χ0n) is 12.8. The SMILES string of the molecule is CCCC(NC(=O)c1ccccc1F)c1nc2ccccc2[nH]1. The molecule has 23 heavy (non-hydrogen) atoms. The molecule has 5 heteroatoms. The van der Waals surface area contributed by atoms with Crippen LogP contribution in [0, 0.1) is 5.82 Å². The fourth-order valence-corrected chi connectivity index (χ4v) is 2.58. The average molecular weight is 311 g/mol. The molecule has 0 saturated heterocycles. The minimum absolute atomic E-state index is 0.0460. The summed E-state index contributed by atoms with van der Waals surface area (Å²) in [6, 6.07) is 13.4. The third kappa shape index (κ3) is 3.23. The number of aromatic nitrogens is 2. The Bertz CT molecular complexity index is 795. The maximum Gasteiger partial charge on any atom is 0.254 e. The second-order valence-corrected chi connectivity index (χ2v) is 5.43. The molecule has 0 bridgehead atoms. The molecule has 1 unspecified atom stereocenters. The van der Waals surface area contributed by atoms with Crippen LogP contribution in [-0.2, 0) is 0 Å². The van der Waals surface area contributed by atoms with Gasteiger partial charge in [0.05, 0.1) is 22.6 Å². The number of fused-ring (bicyclic) bond motifs is 1. The van der Waals surface area contributed by atoms with Gasteiger partial charge < -0.3 is 10.3 Å². The molecule has 0 saturated carbocycles. The normalized spacial score (nSPS) is 12.3. The van der Waals surface area contributed by atoms with Gasteiger partial charge in [-0.1, -0.05) is 37.6 Å². The Morgan fingerprint density at radius 3 is 2.70 bits per heavy atom. The second kappa shape index (κ2) is 6.60. The van der Waals surface area contributed by atoms with E-state index in [0.717, 1.165) is 23.9 Å². The van der Waals surface area contributed by atoms with Crippen molar-refractivity contribution in [2.24, 2.45) is 0 Å². The smallest absolute Gasteiger partial charge is 0.254 e. The van der Waals surface area contributed by atoms with Gasteiger partial charge in [-0.15, -0.1) is 0 Å². The summed E-state index contributed by atoms with van der Waals surface area (Å²) >= 11 is 0. The molecule has 1 heterocycles. The van der Waals surface area contributed by atoms with Crippen molar-refractivity contribution in [3.05, 3.63) is 65.7 Å². The predicted octanol–water partition coefficient (Wildman–Crippen LogP) is 3.97. The Balaban J connectivity index is 1.87. The summed E-state index contributed by atoms with van der Waals surface area (Å²) in [4.78, 5) is 20.1. The van der Waals surface area contributed by atoms with E-state index in [9.17, 15) is 9.18 Å². The highest BCUT2D eigenvalue weighted by Crippen LogP contribution is 2.20. The lowest BCUT2D eigenvalue weighted by Crippen LogP contribution is -2.29. The maximum absolute atomic E-state index is 13.8. The number of nitrogens with zero attached hydrogens (tertiary/aromatic N) is 1. The molecule has 2 N–H and O–H groups in total. The van der Waals surface area contributed by atoms with E-state index in [4.69, 9.17) is 0 Å². The third-order valence-electron chi connectivity index (χ3n) is 3.74. The number of halogens is 1. The second-order valence-electron chi connectivity index (χ2n) is 5.43. The number of para-hydroxylation sites is 2. The largest absolute Gasteiger partial charge is 0.342 e. The molecule has 1 aromatic heterocycles. The zero-order chi connectivity index (χ0) is 16.2. The minimum atomic E-state index is -0.523. The third-order valence-corrected chi connectivity index (χ3v) is 3.74. The molecule has 1 amide bonds. The van der Waals surface area contributed by atoms with Gasteiger partial charge in [0.15, 0.2) is 0 Å². The highest BCUT2D eigenvalue weighted by Gasteiger charge is 2.20. The summed E-state index contributed by atoms with van der Waals surface area (Å²) in [7, 11) is 0. The van der Waals surface area contributed by atoms with Crippen molar-refractivity contribution in [2.75, 3.05) is 0 Å². The van der Waals surface area contributed by atoms with Crippen LogP contribution >= 0.6 is 0 Å². The van der Waals surface area contributed by atoms with Crippen LogP contribution in [-0.4, -0.2) is 15.9 Å². The van der Waals surface area contributed by atoms with Gasteiger partial charge in [-0.2, -0.15) is 0 Å². The molecule has 3 rings (SSSR count). The average Bonchev–Trinajstić information content (AvgIpc) is 2.98. The van der Waals surface area contributed by atoms with Crippen LogP contribution in [0.4, 0.5) is 4.39 Å². The maximum atomic E-state index is 13.8. The van der Waals surface area contributed by atoms with Gasteiger partial charge in [0.1, 0.15) is 11.6 Å². The van der Waals surface area contributed by atoms with Crippen molar-refractivity contribution in [2.45, 2.75) is 25.8 Å². The van der Waals surface area contributed by atoms with Crippen LogP contribution in [0.1, 0.15) is 42.0 Å². The van der Waals surface area contributed by atoms with E-state index in [2.05, 4.69) is 15.3 Å². The van der Waals surface area contributed by atoms with Gasteiger partial charge in [0.25, 0.3) is 5.91 Å². The van der Waals surface area contributed by atoms with E-state index < -0.39 is 11.7 Å². The number of benzene rings is 2. The molecule has 4 nitrogen and oxygen atoms in total. The lowest BCUT2D eigenvalue weighted by Gasteiger charge is -2.16. The van der Waals surface area contributed by atoms with Gasteiger partial charge >= 0.3 is 0 Å². The highest BCUT2D eigenvalue weighted by atomic mass is 19.1. The molecular weight excluding hydrogens is 293 g/mol. The Morgan fingerprint density at radius 1 is 1.22 bits per heavy atom. The van der Waals surface area contributed by atoms with Gasteiger partial charge in [0.2, 0.25) is 0 Å². The number of carbonyl (C=O) groups is 1. The van der Waals surface area contributed by atoms with Crippen LogP contribution in [0.15, 0.2) is 48.5 Å². The quantitative estimate of drug-likeness (QED) is 0.749. The summed E-state index contributed by atoms with van der Waals surface area (Å²) in [5.74, 6) is -0.260. The number of hydrogen-bond acceptors (Lipinski definition) is 2. The number of imidazole rings is 1. The number of aromatic amines is 1. The van der Waals surface area contributed by atoms with E-state index in [1.54, 1.807) is 12.1 Å². The number of hydrogen-bond donors (Lipinski definition) is 2. The van der Waals surface area contributed by atoms with Gasteiger partial charge in [-0.3, -0.25) is 4.79 Å². The number of rotatable bonds is 5. The molecule has 0 spiro atoms. The molecule has 3 aromatic rings. The molecular formula is C18H18FN3O.